The van der Waals surface area contributed by atoms with Gasteiger partial charge in [-0.15, -0.1) is 0 Å². The molecule has 1 aromatic heterocycles. The van der Waals surface area contributed by atoms with Crippen molar-refractivity contribution < 1.29 is 4.79 Å². The van der Waals surface area contributed by atoms with Gasteiger partial charge in [0.05, 0.1) is 5.92 Å². The van der Waals surface area contributed by atoms with E-state index in [1.54, 1.807) is 47.7 Å². The lowest BCUT2D eigenvalue weighted by atomic mass is 9.88. The Morgan fingerprint density at radius 3 is 2.68 bits per heavy atom. The van der Waals surface area contributed by atoms with Gasteiger partial charge in [-0.05, 0) is 41.2 Å². The number of carbonyl (C=O) groups is 1. The second-order valence-electron chi connectivity index (χ2n) is 4.58. The number of aromatic nitrogens is 1. The third-order valence-electron chi connectivity index (χ3n) is 3.12. The number of benzene rings is 1. The molecule has 2 aromatic rings. The molecule has 1 heterocycles. The third-order valence-corrected chi connectivity index (χ3v) is 5.40. The maximum absolute atomic E-state index is 12.8. The summed E-state index contributed by atoms with van der Waals surface area (Å²) in [6.45, 7) is 0. The van der Waals surface area contributed by atoms with E-state index in [2.05, 4.69) is 36.8 Å². The van der Waals surface area contributed by atoms with Crippen molar-refractivity contribution >= 4 is 60.8 Å². The van der Waals surface area contributed by atoms with Crippen molar-refractivity contribution in [2.45, 2.75) is 12.3 Å². The molecule has 0 radical (unpaired) electrons. The molecule has 2 nitrogen and oxygen atoms in total. The average Bonchev–Trinajstić information content (AvgIpc) is 2.53. The number of rotatable bonds is 5. The Hall–Kier alpha value is -0.680. The van der Waals surface area contributed by atoms with Crippen LogP contribution in [0.4, 0.5) is 0 Å². The highest BCUT2D eigenvalue weighted by molar-refractivity contribution is 9.14. The first-order chi connectivity index (χ1) is 10.5. The summed E-state index contributed by atoms with van der Waals surface area (Å²) < 4.78 is 0.862. The number of ketones is 1. The summed E-state index contributed by atoms with van der Waals surface area (Å²) in [5.41, 5.74) is 1.29. The van der Waals surface area contributed by atoms with Gasteiger partial charge in [0.25, 0.3) is 0 Å². The molecule has 0 spiro atoms. The fourth-order valence-corrected chi connectivity index (χ4v) is 3.13. The summed E-state index contributed by atoms with van der Waals surface area (Å²) in [5, 5.41) is 1.01. The van der Waals surface area contributed by atoms with Crippen molar-refractivity contribution in [3.05, 3.63) is 73.4 Å². The smallest absolute Gasteiger partial charge is 0.172 e. The Morgan fingerprint density at radius 2 is 2.09 bits per heavy atom. The minimum atomic E-state index is -0.419. The van der Waals surface area contributed by atoms with Crippen molar-refractivity contribution in [3.63, 3.8) is 0 Å². The summed E-state index contributed by atoms with van der Waals surface area (Å²) in [4.78, 5) is 18.6. The molecular formula is C16H11Br2Cl2NO. The Bertz CT molecular complexity index is 705. The number of hydrogen-bond donors (Lipinski definition) is 0. The maximum Gasteiger partial charge on any atom is 0.172 e. The molecule has 0 bridgehead atoms. The summed E-state index contributed by atoms with van der Waals surface area (Å²) in [6.07, 6.45) is 3.68. The molecular weight excluding hydrogens is 453 g/mol. The van der Waals surface area contributed by atoms with Crippen LogP contribution in [-0.2, 0) is 0 Å². The third kappa shape index (κ3) is 4.42. The summed E-state index contributed by atoms with van der Waals surface area (Å²) in [7, 11) is 0. The predicted octanol–water partition coefficient (Wildman–Crippen LogP) is 6.38. The molecule has 0 saturated carbocycles. The fraction of sp³-hybridized carbons (Fsp3) is 0.125. The minimum absolute atomic E-state index is 0.0383. The molecule has 0 aliphatic rings. The van der Waals surface area contributed by atoms with Crippen LogP contribution in [0, 0.1) is 0 Å². The second kappa shape index (κ2) is 8.25. The molecule has 22 heavy (non-hydrogen) atoms. The lowest BCUT2D eigenvalue weighted by molar-refractivity contribution is 0.0959. The molecule has 0 fully saturated rings. The first kappa shape index (κ1) is 17.7. The van der Waals surface area contributed by atoms with Gasteiger partial charge in [0.2, 0.25) is 0 Å². The molecule has 0 aliphatic carbocycles. The van der Waals surface area contributed by atoms with Gasteiger partial charge in [-0.2, -0.15) is 0 Å². The van der Waals surface area contributed by atoms with E-state index in [0.717, 1.165) is 10.0 Å². The van der Waals surface area contributed by atoms with E-state index in [1.165, 1.54) is 0 Å². The Balaban J connectivity index is 2.45. The SMILES string of the molecule is O=C(c1cccnc1)C(CC(Br)=CBr)c1ccc(Cl)cc1Cl. The van der Waals surface area contributed by atoms with Crippen molar-refractivity contribution in [1.82, 2.24) is 4.98 Å². The number of nitrogens with zero attached hydrogens (tertiary/aromatic N) is 1. The predicted molar refractivity (Wildman–Crippen MR) is 98.3 cm³/mol. The van der Waals surface area contributed by atoms with E-state index in [9.17, 15) is 4.79 Å². The van der Waals surface area contributed by atoms with Crippen LogP contribution < -0.4 is 0 Å². The lowest BCUT2D eigenvalue weighted by Crippen LogP contribution is -2.14. The number of allylic oxidation sites excluding steroid dienone is 1. The summed E-state index contributed by atoms with van der Waals surface area (Å²) in [5.74, 6) is -0.458. The Morgan fingerprint density at radius 1 is 1.32 bits per heavy atom. The van der Waals surface area contributed by atoms with Gasteiger partial charge in [-0.1, -0.05) is 61.1 Å². The van der Waals surface area contributed by atoms with Crippen molar-refractivity contribution in [3.8, 4) is 0 Å². The van der Waals surface area contributed by atoms with Gasteiger partial charge in [0.1, 0.15) is 0 Å². The zero-order valence-electron chi connectivity index (χ0n) is 11.3. The van der Waals surface area contributed by atoms with Crippen molar-refractivity contribution in [2.24, 2.45) is 0 Å². The highest BCUT2D eigenvalue weighted by atomic mass is 79.9. The molecule has 6 heteroatoms. The van der Waals surface area contributed by atoms with Crippen LogP contribution in [-0.4, -0.2) is 10.8 Å². The lowest BCUT2D eigenvalue weighted by Gasteiger charge is -2.17. The van der Waals surface area contributed by atoms with E-state index in [4.69, 9.17) is 23.2 Å². The van der Waals surface area contributed by atoms with Crippen LogP contribution in [0.25, 0.3) is 0 Å². The van der Waals surface area contributed by atoms with Gasteiger partial charge in [0.15, 0.2) is 5.78 Å². The largest absolute Gasteiger partial charge is 0.293 e. The maximum atomic E-state index is 12.8. The number of carbonyl (C=O) groups excluding carboxylic acids is 1. The molecule has 1 atom stereocenters. The van der Waals surface area contributed by atoms with E-state index in [-0.39, 0.29) is 5.78 Å². The molecule has 1 aromatic carbocycles. The second-order valence-corrected chi connectivity index (χ2v) is 6.90. The number of hydrogen-bond acceptors (Lipinski definition) is 2. The van der Waals surface area contributed by atoms with E-state index in [0.29, 0.717) is 22.0 Å². The molecule has 1 unspecified atom stereocenters. The highest BCUT2D eigenvalue weighted by Gasteiger charge is 2.25. The van der Waals surface area contributed by atoms with Crippen LogP contribution in [0.5, 0.6) is 0 Å². The van der Waals surface area contributed by atoms with Crippen LogP contribution >= 0.6 is 55.1 Å². The van der Waals surface area contributed by atoms with E-state index >= 15 is 0 Å². The normalized spacial score (nSPS) is 13.0. The van der Waals surface area contributed by atoms with Crippen LogP contribution in [0.2, 0.25) is 10.0 Å². The van der Waals surface area contributed by atoms with Crippen LogP contribution in [0.15, 0.2) is 52.2 Å². The monoisotopic (exact) mass is 461 g/mol. The molecule has 114 valence electrons. The molecule has 0 aliphatic heterocycles. The first-order valence-electron chi connectivity index (χ1n) is 6.37. The zero-order valence-corrected chi connectivity index (χ0v) is 16.0. The molecule has 0 N–H and O–H groups in total. The summed E-state index contributed by atoms with van der Waals surface area (Å²) in [6, 6.07) is 8.66. The van der Waals surface area contributed by atoms with Gasteiger partial charge in [0, 0.05) is 32.5 Å². The quantitative estimate of drug-likeness (QED) is 0.482. The molecule has 0 saturated heterocycles. The summed E-state index contributed by atoms with van der Waals surface area (Å²) >= 11 is 18.9. The van der Waals surface area contributed by atoms with Crippen LogP contribution in [0.1, 0.15) is 28.3 Å². The van der Waals surface area contributed by atoms with Gasteiger partial charge in [-0.3, -0.25) is 9.78 Å². The number of Topliss-reactive ketones (excluding diaryl/α,β-unsaturated/α-hetero) is 1. The molecule has 2 rings (SSSR count). The Kier molecular flexibility index (Phi) is 6.63. The van der Waals surface area contributed by atoms with Gasteiger partial charge in [-0.25, -0.2) is 0 Å². The standard InChI is InChI=1S/C16H11Br2Cl2NO/c17-8-11(18)6-14(13-4-3-12(19)7-15(13)20)16(22)10-2-1-5-21-9-10/h1-5,7-9,14H,6H2. The van der Waals surface area contributed by atoms with Gasteiger partial charge >= 0.3 is 0 Å². The van der Waals surface area contributed by atoms with E-state index in [1.807, 2.05) is 0 Å². The van der Waals surface area contributed by atoms with Crippen molar-refractivity contribution in [2.75, 3.05) is 0 Å². The van der Waals surface area contributed by atoms with Crippen LogP contribution in [0.3, 0.4) is 0 Å². The number of pyridine rings is 1. The topological polar surface area (TPSA) is 30.0 Å². The Labute approximate surface area is 155 Å². The number of halogens is 4. The van der Waals surface area contributed by atoms with Gasteiger partial charge < -0.3 is 0 Å². The molecule has 0 amide bonds. The van der Waals surface area contributed by atoms with E-state index < -0.39 is 5.92 Å². The fourth-order valence-electron chi connectivity index (χ4n) is 2.08. The average molecular weight is 464 g/mol. The highest BCUT2D eigenvalue weighted by Crippen LogP contribution is 2.35. The minimum Gasteiger partial charge on any atom is -0.293 e. The zero-order chi connectivity index (χ0) is 16.1. The van der Waals surface area contributed by atoms with Crippen molar-refractivity contribution in [1.29, 1.82) is 0 Å². The first-order valence-corrected chi connectivity index (χ1v) is 8.83.